The summed E-state index contributed by atoms with van der Waals surface area (Å²) in [6.07, 6.45) is 2.00. The second-order valence-electron chi connectivity index (χ2n) is 3.73. The SMILES string of the molecule is CC(=Cc1c(C)nc2scc(C)n12)CO. The second kappa shape index (κ2) is 3.79. The molecule has 0 radical (unpaired) electrons. The summed E-state index contributed by atoms with van der Waals surface area (Å²) in [4.78, 5) is 5.49. The quantitative estimate of drug-likeness (QED) is 0.847. The van der Waals surface area contributed by atoms with Gasteiger partial charge in [0.2, 0.25) is 0 Å². The van der Waals surface area contributed by atoms with Gasteiger partial charge in [-0.1, -0.05) is 0 Å². The van der Waals surface area contributed by atoms with Crippen molar-refractivity contribution in [3.63, 3.8) is 0 Å². The van der Waals surface area contributed by atoms with E-state index in [1.165, 1.54) is 5.69 Å². The van der Waals surface area contributed by atoms with E-state index in [2.05, 4.69) is 21.7 Å². The van der Waals surface area contributed by atoms with Crippen molar-refractivity contribution in [2.75, 3.05) is 6.61 Å². The molecule has 0 amide bonds. The van der Waals surface area contributed by atoms with Gasteiger partial charge in [0, 0.05) is 11.1 Å². The highest BCUT2D eigenvalue weighted by atomic mass is 32.1. The highest BCUT2D eigenvalue weighted by Gasteiger charge is 2.09. The second-order valence-corrected chi connectivity index (χ2v) is 4.56. The molecule has 0 saturated heterocycles. The molecule has 3 nitrogen and oxygen atoms in total. The van der Waals surface area contributed by atoms with Gasteiger partial charge in [-0.3, -0.25) is 4.40 Å². The molecule has 2 rings (SSSR count). The predicted octanol–water partition coefficient (Wildman–Crippen LogP) is 2.41. The number of aliphatic hydroxyl groups excluding tert-OH is 1. The van der Waals surface area contributed by atoms with E-state index >= 15 is 0 Å². The number of hydrogen-bond donors (Lipinski definition) is 1. The molecule has 2 aromatic heterocycles. The van der Waals surface area contributed by atoms with Crippen LogP contribution in [0.3, 0.4) is 0 Å². The first kappa shape index (κ1) is 10.4. The number of imidazole rings is 1. The summed E-state index contributed by atoms with van der Waals surface area (Å²) >= 11 is 1.64. The van der Waals surface area contributed by atoms with Crippen LogP contribution in [-0.2, 0) is 0 Å². The molecule has 0 aliphatic heterocycles. The molecule has 0 bridgehead atoms. The molecule has 80 valence electrons. The molecule has 0 aliphatic rings. The Morgan fingerprint density at radius 1 is 1.60 bits per heavy atom. The Bertz CT molecular complexity index is 522. The smallest absolute Gasteiger partial charge is 0.194 e. The van der Waals surface area contributed by atoms with Crippen molar-refractivity contribution >= 4 is 22.4 Å². The fourth-order valence-corrected chi connectivity index (χ4v) is 2.49. The summed E-state index contributed by atoms with van der Waals surface area (Å²) in [5.41, 5.74) is 4.23. The van der Waals surface area contributed by atoms with Gasteiger partial charge < -0.3 is 5.11 Å². The van der Waals surface area contributed by atoms with E-state index in [0.717, 1.165) is 21.9 Å². The van der Waals surface area contributed by atoms with Crippen LogP contribution in [0.5, 0.6) is 0 Å². The van der Waals surface area contributed by atoms with Crippen LogP contribution >= 0.6 is 11.3 Å². The first-order valence-electron chi connectivity index (χ1n) is 4.84. The summed E-state index contributed by atoms with van der Waals surface area (Å²) in [6.45, 7) is 6.07. The minimum atomic E-state index is 0.0931. The van der Waals surface area contributed by atoms with Crippen molar-refractivity contribution in [2.45, 2.75) is 20.8 Å². The molecule has 0 aliphatic carbocycles. The Kier molecular flexibility index (Phi) is 2.63. The van der Waals surface area contributed by atoms with Crippen LogP contribution in [0.2, 0.25) is 0 Å². The van der Waals surface area contributed by atoms with Crippen LogP contribution in [0.25, 0.3) is 11.0 Å². The van der Waals surface area contributed by atoms with Crippen LogP contribution in [0.1, 0.15) is 24.0 Å². The highest BCUT2D eigenvalue weighted by Crippen LogP contribution is 2.22. The van der Waals surface area contributed by atoms with Crippen molar-refractivity contribution < 1.29 is 5.11 Å². The van der Waals surface area contributed by atoms with E-state index in [4.69, 9.17) is 5.11 Å². The zero-order valence-corrected chi connectivity index (χ0v) is 9.93. The van der Waals surface area contributed by atoms with Crippen LogP contribution in [-0.4, -0.2) is 21.1 Å². The number of aryl methyl sites for hydroxylation is 2. The van der Waals surface area contributed by atoms with E-state index in [1.54, 1.807) is 11.3 Å². The zero-order valence-electron chi connectivity index (χ0n) is 9.11. The summed E-state index contributed by atoms with van der Waals surface area (Å²) in [7, 11) is 0. The lowest BCUT2D eigenvalue weighted by atomic mass is 10.2. The van der Waals surface area contributed by atoms with Gasteiger partial charge in [0.1, 0.15) is 0 Å². The molecular weight excluding hydrogens is 208 g/mol. The van der Waals surface area contributed by atoms with Gasteiger partial charge in [-0.25, -0.2) is 4.98 Å². The number of nitrogens with zero attached hydrogens (tertiary/aromatic N) is 2. The Morgan fingerprint density at radius 2 is 2.33 bits per heavy atom. The van der Waals surface area contributed by atoms with Gasteiger partial charge in [0.25, 0.3) is 0 Å². The maximum absolute atomic E-state index is 9.02. The molecular formula is C11H14N2OS. The summed E-state index contributed by atoms with van der Waals surface area (Å²) in [5.74, 6) is 0. The topological polar surface area (TPSA) is 37.5 Å². The zero-order chi connectivity index (χ0) is 11.0. The number of rotatable bonds is 2. The van der Waals surface area contributed by atoms with Gasteiger partial charge in [-0.05, 0) is 32.4 Å². The van der Waals surface area contributed by atoms with Crippen LogP contribution in [0, 0.1) is 13.8 Å². The highest BCUT2D eigenvalue weighted by molar-refractivity contribution is 7.15. The Hall–Kier alpha value is -1.13. The largest absolute Gasteiger partial charge is 0.392 e. The van der Waals surface area contributed by atoms with Crippen LogP contribution < -0.4 is 0 Å². The first-order chi connectivity index (χ1) is 7.13. The summed E-state index contributed by atoms with van der Waals surface area (Å²) in [5, 5.41) is 11.1. The molecule has 2 heterocycles. The molecule has 0 unspecified atom stereocenters. The van der Waals surface area contributed by atoms with Gasteiger partial charge >= 0.3 is 0 Å². The summed E-state index contributed by atoms with van der Waals surface area (Å²) in [6, 6.07) is 0. The van der Waals surface area contributed by atoms with E-state index < -0.39 is 0 Å². The van der Waals surface area contributed by atoms with E-state index in [9.17, 15) is 0 Å². The maximum atomic E-state index is 9.02. The lowest BCUT2D eigenvalue weighted by Gasteiger charge is -1.98. The molecule has 0 atom stereocenters. The summed E-state index contributed by atoms with van der Waals surface area (Å²) < 4.78 is 2.12. The van der Waals surface area contributed by atoms with Gasteiger partial charge in [0.05, 0.1) is 18.0 Å². The third-order valence-corrected chi connectivity index (χ3v) is 3.33. The molecule has 4 heteroatoms. The normalized spacial score (nSPS) is 12.7. The number of aliphatic hydroxyl groups is 1. The van der Waals surface area contributed by atoms with E-state index in [0.29, 0.717) is 0 Å². The minimum Gasteiger partial charge on any atom is -0.392 e. The molecule has 0 saturated carbocycles. The van der Waals surface area contributed by atoms with Crippen LogP contribution in [0.4, 0.5) is 0 Å². The van der Waals surface area contributed by atoms with E-state index in [1.807, 2.05) is 19.9 Å². The maximum Gasteiger partial charge on any atom is 0.194 e. The third-order valence-electron chi connectivity index (χ3n) is 2.39. The molecule has 15 heavy (non-hydrogen) atoms. The lowest BCUT2D eigenvalue weighted by Crippen LogP contribution is -1.91. The van der Waals surface area contributed by atoms with Crippen LogP contribution in [0.15, 0.2) is 11.0 Å². The average Bonchev–Trinajstić information content (AvgIpc) is 2.69. The Labute approximate surface area is 92.7 Å². The lowest BCUT2D eigenvalue weighted by molar-refractivity contribution is 0.332. The van der Waals surface area contributed by atoms with Crippen molar-refractivity contribution in [1.82, 2.24) is 9.38 Å². The Balaban J connectivity index is 2.67. The van der Waals surface area contributed by atoms with E-state index in [-0.39, 0.29) is 6.61 Å². The number of thiazole rings is 1. The van der Waals surface area contributed by atoms with Crippen molar-refractivity contribution in [3.8, 4) is 0 Å². The predicted molar refractivity (Wildman–Crippen MR) is 63.3 cm³/mol. The van der Waals surface area contributed by atoms with Gasteiger partial charge in [0.15, 0.2) is 4.96 Å². The third kappa shape index (κ3) is 1.70. The molecule has 0 aromatic carbocycles. The van der Waals surface area contributed by atoms with Gasteiger partial charge in [-0.2, -0.15) is 0 Å². The molecule has 1 N–H and O–H groups in total. The van der Waals surface area contributed by atoms with Crippen molar-refractivity contribution in [1.29, 1.82) is 0 Å². The average molecular weight is 222 g/mol. The fraction of sp³-hybridized carbons (Fsp3) is 0.364. The van der Waals surface area contributed by atoms with Gasteiger partial charge in [-0.15, -0.1) is 11.3 Å². The number of hydrogen-bond acceptors (Lipinski definition) is 3. The van der Waals surface area contributed by atoms with Crippen molar-refractivity contribution in [2.24, 2.45) is 0 Å². The molecule has 0 fully saturated rings. The van der Waals surface area contributed by atoms with Crippen molar-refractivity contribution in [3.05, 3.63) is 28.0 Å². The fourth-order valence-electron chi connectivity index (χ4n) is 1.57. The first-order valence-corrected chi connectivity index (χ1v) is 5.72. The monoisotopic (exact) mass is 222 g/mol. The minimum absolute atomic E-state index is 0.0931. The molecule has 2 aromatic rings. The number of aromatic nitrogens is 2. The Morgan fingerprint density at radius 3 is 3.00 bits per heavy atom. The number of fused-ring (bicyclic) bond motifs is 1. The standard InChI is InChI=1S/C11H14N2OS/c1-7(5-14)4-10-9(3)12-11-13(10)8(2)6-15-11/h4,6,14H,5H2,1-3H3. The molecule has 0 spiro atoms.